The van der Waals surface area contributed by atoms with Crippen LogP contribution in [-0.2, 0) is 17.7 Å². The summed E-state index contributed by atoms with van der Waals surface area (Å²) in [5, 5.41) is 3.52. The molecule has 1 aliphatic rings. The number of nitrogens with zero attached hydrogens (tertiary/aromatic N) is 1. The minimum Gasteiger partial charge on any atom is -0.372 e. The molecule has 0 aliphatic carbocycles. The monoisotopic (exact) mass is 424 g/mol. The van der Waals surface area contributed by atoms with E-state index in [4.69, 9.17) is 4.74 Å². The molecule has 0 radical (unpaired) electrons. The molecule has 160 valence electrons. The van der Waals surface area contributed by atoms with Crippen LogP contribution in [-0.4, -0.2) is 18.1 Å². The van der Waals surface area contributed by atoms with E-state index in [2.05, 4.69) is 58.8 Å². The fraction of sp³-hybridized carbons (Fsp3) is 0.179. The number of rotatable bonds is 6. The Morgan fingerprint density at radius 2 is 1.62 bits per heavy atom. The summed E-state index contributed by atoms with van der Waals surface area (Å²) < 4.78 is 19.3. The maximum atomic E-state index is 13.2. The molecule has 0 spiro atoms. The Morgan fingerprint density at radius 3 is 2.47 bits per heavy atom. The number of ether oxygens (including phenoxy) is 1. The van der Waals surface area contributed by atoms with Gasteiger partial charge in [-0.2, -0.15) is 0 Å². The number of nitrogens with one attached hydrogen (secondary N) is 1. The van der Waals surface area contributed by atoms with Crippen LogP contribution in [0.15, 0.2) is 91.3 Å². The van der Waals surface area contributed by atoms with E-state index in [1.807, 2.05) is 18.5 Å². The third-order valence-corrected chi connectivity index (χ3v) is 5.92. The molecule has 2 heterocycles. The predicted molar refractivity (Wildman–Crippen MR) is 126 cm³/mol. The topological polar surface area (TPSA) is 34.2 Å². The van der Waals surface area contributed by atoms with Crippen LogP contribution < -0.4 is 5.32 Å². The van der Waals surface area contributed by atoms with Crippen LogP contribution in [0, 0.1) is 5.82 Å². The van der Waals surface area contributed by atoms with E-state index in [1.165, 1.54) is 34.4 Å². The summed E-state index contributed by atoms with van der Waals surface area (Å²) in [7, 11) is 0. The summed E-state index contributed by atoms with van der Waals surface area (Å²) in [6.45, 7) is 2.16. The third kappa shape index (κ3) is 4.62. The van der Waals surface area contributed by atoms with E-state index in [0.29, 0.717) is 6.54 Å². The second-order valence-corrected chi connectivity index (χ2v) is 8.11. The molecular weight excluding hydrogens is 399 g/mol. The van der Waals surface area contributed by atoms with Crippen molar-refractivity contribution in [1.29, 1.82) is 0 Å². The zero-order valence-corrected chi connectivity index (χ0v) is 17.8. The van der Waals surface area contributed by atoms with Gasteiger partial charge in [-0.3, -0.25) is 4.98 Å². The predicted octanol–water partition coefficient (Wildman–Crippen LogP) is 5.96. The van der Waals surface area contributed by atoms with E-state index in [1.54, 1.807) is 12.1 Å². The Morgan fingerprint density at radius 1 is 0.844 bits per heavy atom. The summed E-state index contributed by atoms with van der Waals surface area (Å²) in [6.07, 6.45) is 4.65. The fourth-order valence-electron chi connectivity index (χ4n) is 4.25. The minimum atomic E-state index is -0.233. The summed E-state index contributed by atoms with van der Waals surface area (Å²) in [4.78, 5) is 4.36. The molecule has 4 heteroatoms. The van der Waals surface area contributed by atoms with Crippen molar-refractivity contribution < 1.29 is 9.13 Å². The Bertz CT molecular complexity index is 1190. The molecule has 3 aromatic carbocycles. The van der Waals surface area contributed by atoms with Crippen LogP contribution in [0.5, 0.6) is 0 Å². The van der Waals surface area contributed by atoms with Crippen LogP contribution in [0.1, 0.15) is 22.8 Å². The summed E-state index contributed by atoms with van der Waals surface area (Å²) in [5.74, 6) is -0.233. The lowest BCUT2D eigenvalue weighted by molar-refractivity contribution is 0.0423. The van der Waals surface area contributed by atoms with Gasteiger partial charge in [-0.25, -0.2) is 4.39 Å². The van der Waals surface area contributed by atoms with Gasteiger partial charge in [0.25, 0.3) is 0 Å². The number of pyridine rings is 1. The van der Waals surface area contributed by atoms with Crippen molar-refractivity contribution in [2.24, 2.45) is 0 Å². The third-order valence-electron chi connectivity index (χ3n) is 5.92. The zero-order valence-electron chi connectivity index (χ0n) is 17.8. The van der Waals surface area contributed by atoms with Gasteiger partial charge in [0.05, 0.1) is 12.7 Å². The number of hydrogen-bond donors (Lipinski definition) is 1. The molecule has 4 aromatic rings. The van der Waals surface area contributed by atoms with E-state index >= 15 is 0 Å². The number of hydrogen-bond acceptors (Lipinski definition) is 3. The van der Waals surface area contributed by atoms with Crippen molar-refractivity contribution in [2.75, 3.05) is 13.2 Å². The Labute approximate surface area is 187 Å². The van der Waals surface area contributed by atoms with Gasteiger partial charge in [0, 0.05) is 31.0 Å². The summed E-state index contributed by atoms with van der Waals surface area (Å²) in [5.41, 5.74) is 8.15. The van der Waals surface area contributed by atoms with Gasteiger partial charge in [0.15, 0.2) is 0 Å². The number of benzene rings is 3. The maximum absolute atomic E-state index is 13.2. The summed E-state index contributed by atoms with van der Waals surface area (Å²) >= 11 is 0. The van der Waals surface area contributed by atoms with Gasteiger partial charge in [-0.15, -0.1) is 0 Å². The molecule has 0 amide bonds. The summed E-state index contributed by atoms with van der Waals surface area (Å²) in [6, 6.07) is 25.8. The van der Waals surface area contributed by atoms with Crippen molar-refractivity contribution in [2.45, 2.75) is 19.1 Å². The van der Waals surface area contributed by atoms with Gasteiger partial charge in [-0.05, 0) is 58.0 Å². The average molecular weight is 425 g/mol. The lowest BCUT2D eigenvalue weighted by atomic mass is 9.93. The second-order valence-electron chi connectivity index (χ2n) is 8.11. The molecule has 0 saturated heterocycles. The van der Waals surface area contributed by atoms with E-state index < -0.39 is 0 Å². The van der Waals surface area contributed by atoms with Crippen LogP contribution in [0.2, 0.25) is 0 Å². The number of fused-ring (bicyclic) bond motifs is 1. The molecule has 1 unspecified atom stereocenters. The lowest BCUT2D eigenvalue weighted by Gasteiger charge is -2.27. The maximum Gasteiger partial charge on any atom is 0.123 e. The van der Waals surface area contributed by atoms with Crippen LogP contribution in [0.25, 0.3) is 22.3 Å². The van der Waals surface area contributed by atoms with Crippen molar-refractivity contribution in [3.63, 3.8) is 0 Å². The molecule has 1 aromatic heterocycles. The van der Waals surface area contributed by atoms with E-state index in [-0.39, 0.29) is 11.9 Å². The van der Waals surface area contributed by atoms with Crippen LogP contribution >= 0.6 is 0 Å². The fourth-order valence-corrected chi connectivity index (χ4v) is 4.25. The molecule has 0 saturated carbocycles. The average Bonchev–Trinajstić information content (AvgIpc) is 2.85. The molecule has 1 aliphatic heterocycles. The van der Waals surface area contributed by atoms with Gasteiger partial charge < -0.3 is 10.1 Å². The second kappa shape index (κ2) is 9.43. The highest BCUT2D eigenvalue weighted by atomic mass is 19.1. The highest BCUT2D eigenvalue weighted by Gasteiger charge is 2.21. The highest BCUT2D eigenvalue weighted by Crippen LogP contribution is 2.31. The normalized spacial score (nSPS) is 15.3. The molecule has 0 fully saturated rings. The number of aromatic nitrogens is 1. The SMILES string of the molecule is Fc1ccc(-c2cncc(CNCC3OCCc4cc(-c5ccccc5)ccc43)c2)cc1. The highest BCUT2D eigenvalue weighted by molar-refractivity contribution is 5.65. The largest absolute Gasteiger partial charge is 0.372 e. The van der Waals surface area contributed by atoms with E-state index in [0.717, 1.165) is 36.3 Å². The smallest absolute Gasteiger partial charge is 0.123 e. The Balaban J connectivity index is 1.25. The van der Waals surface area contributed by atoms with Crippen molar-refractivity contribution in [1.82, 2.24) is 10.3 Å². The minimum absolute atomic E-state index is 0.0387. The molecule has 32 heavy (non-hydrogen) atoms. The van der Waals surface area contributed by atoms with Gasteiger partial charge in [0.2, 0.25) is 0 Å². The van der Waals surface area contributed by atoms with Gasteiger partial charge in [0.1, 0.15) is 5.82 Å². The zero-order chi connectivity index (χ0) is 21.8. The first-order chi connectivity index (χ1) is 15.8. The van der Waals surface area contributed by atoms with Gasteiger partial charge >= 0.3 is 0 Å². The molecule has 5 rings (SSSR count). The van der Waals surface area contributed by atoms with Crippen LogP contribution in [0.4, 0.5) is 4.39 Å². The van der Waals surface area contributed by atoms with Crippen molar-refractivity contribution in [3.8, 4) is 22.3 Å². The first-order valence-corrected chi connectivity index (χ1v) is 11.0. The van der Waals surface area contributed by atoms with Crippen molar-refractivity contribution in [3.05, 3.63) is 114 Å². The standard InChI is InChI=1S/C28H25FN2O/c29-26-9-6-22(7-10-26)25-14-20(16-30-18-25)17-31-19-28-27-11-8-23(15-24(27)12-13-32-28)21-4-2-1-3-5-21/h1-11,14-16,18,28,31H,12-13,17,19H2. The molecule has 1 atom stereocenters. The quantitative estimate of drug-likeness (QED) is 0.415. The van der Waals surface area contributed by atoms with Crippen molar-refractivity contribution >= 4 is 0 Å². The first-order valence-electron chi connectivity index (χ1n) is 11.0. The Kier molecular flexibility index (Phi) is 6.06. The van der Waals surface area contributed by atoms with Gasteiger partial charge in [-0.1, -0.05) is 60.7 Å². The van der Waals surface area contributed by atoms with Crippen LogP contribution in [0.3, 0.4) is 0 Å². The lowest BCUT2D eigenvalue weighted by Crippen LogP contribution is -2.27. The molecule has 0 bridgehead atoms. The first kappa shape index (κ1) is 20.6. The molecular formula is C28H25FN2O. The van der Waals surface area contributed by atoms with E-state index in [9.17, 15) is 4.39 Å². The number of halogens is 1. The molecule has 1 N–H and O–H groups in total. The Hall–Kier alpha value is -3.34. The molecule has 3 nitrogen and oxygen atoms in total.